The van der Waals surface area contributed by atoms with Gasteiger partial charge in [-0.3, -0.25) is 0 Å². The van der Waals surface area contributed by atoms with Gasteiger partial charge in [0, 0.05) is 5.56 Å². The van der Waals surface area contributed by atoms with Crippen LogP contribution in [0.3, 0.4) is 0 Å². The minimum atomic E-state index is -0.537. The number of hydrogen-bond donors (Lipinski definition) is 0. The van der Waals surface area contributed by atoms with Crippen molar-refractivity contribution < 1.29 is 8.78 Å². The molecule has 0 radical (unpaired) electrons. The summed E-state index contributed by atoms with van der Waals surface area (Å²) in [4.78, 5) is 0. The smallest absolute Gasteiger partial charge is 0.145 e. The first-order chi connectivity index (χ1) is 5.04. The standard InChI is InChI=1S/C8H7ClF2/c1-4-3-6(10)5(2)7(9)8(4)11/h3H,1-2H3. The zero-order valence-corrected chi connectivity index (χ0v) is 6.97. The maximum Gasteiger partial charge on any atom is 0.145 e. The third-order valence-corrected chi connectivity index (χ3v) is 2.02. The maximum atomic E-state index is 12.9. The van der Waals surface area contributed by atoms with Crippen LogP contribution in [0.2, 0.25) is 5.02 Å². The van der Waals surface area contributed by atoms with E-state index in [4.69, 9.17) is 11.6 Å². The molecule has 0 bridgehead atoms. The van der Waals surface area contributed by atoms with E-state index in [9.17, 15) is 8.78 Å². The van der Waals surface area contributed by atoms with Crippen molar-refractivity contribution in [3.63, 3.8) is 0 Å². The molecule has 0 N–H and O–H groups in total. The summed E-state index contributed by atoms with van der Waals surface area (Å²) in [6.07, 6.45) is 0. The Kier molecular flexibility index (Phi) is 2.14. The summed E-state index contributed by atoms with van der Waals surface area (Å²) in [5, 5.41) is -0.123. The number of hydrogen-bond acceptors (Lipinski definition) is 0. The highest BCUT2D eigenvalue weighted by Gasteiger charge is 2.10. The molecular formula is C8H7ClF2. The van der Waals surface area contributed by atoms with E-state index >= 15 is 0 Å². The third kappa shape index (κ3) is 1.36. The number of benzene rings is 1. The summed E-state index contributed by atoms with van der Waals surface area (Å²) in [6, 6.07) is 1.14. The van der Waals surface area contributed by atoms with Crippen molar-refractivity contribution >= 4 is 11.6 Å². The summed E-state index contributed by atoms with van der Waals surface area (Å²) in [7, 11) is 0. The fourth-order valence-corrected chi connectivity index (χ4v) is 1.04. The average molecular weight is 177 g/mol. The molecule has 0 nitrogen and oxygen atoms in total. The molecule has 1 aromatic carbocycles. The molecule has 0 aliphatic rings. The average Bonchev–Trinajstić information content (AvgIpc) is 1.97. The third-order valence-electron chi connectivity index (χ3n) is 1.57. The molecule has 0 aliphatic heterocycles. The van der Waals surface area contributed by atoms with E-state index in [0.717, 1.165) is 6.07 Å². The summed E-state index contributed by atoms with van der Waals surface area (Å²) in [6.45, 7) is 2.92. The Morgan fingerprint density at radius 2 is 1.82 bits per heavy atom. The fraction of sp³-hybridized carbons (Fsp3) is 0.250. The lowest BCUT2D eigenvalue weighted by Crippen LogP contribution is -1.91. The lowest BCUT2D eigenvalue weighted by atomic mass is 10.1. The lowest BCUT2D eigenvalue weighted by molar-refractivity contribution is 0.585. The summed E-state index contributed by atoms with van der Waals surface area (Å²) < 4.78 is 25.6. The molecule has 0 atom stereocenters. The maximum absolute atomic E-state index is 12.9. The molecule has 0 saturated heterocycles. The molecule has 1 rings (SSSR count). The van der Waals surface area contributed by atoms with Gasteiger partial charge in [-0.2, -0.15) is 0 Å². The van der Waals surface area contributed by atoms with Crippen LogP contribution in [0.15, 0.2) is 6.07 Å². The molecule has 0 saturated carbocycles. The second-order valence-electron chi connectivity index (χ2n) is 2.43. The first-order valence-electron chi connectivity index (χ1n) is 3.14. The topological polar surface area (TPSA) is 0 Å². The van der Waals surface area contributed by atoms with Gasteiger partial charge < -0.3 is 0 Å². The van der Waals surface area contributed by atoms with Crippen LogP contribution in [0, 0.1) is 25.5 Å². The van der Waals surface area contributed by atoms with Gasteiger partial charge in [-0.25, -0.2) is 8.78 Å². The van der Waals surface area contributed by atoms with E-state index in [2.05, 4.69) is 0 Å². The van der Waals surface area contributed by atoms with E-state index < -0.39 is 11.6 Å². The zero-order chi connectivity index (χ0) is 8.59. The van der Waals surface area contributed by atoms with Gasteiger partial charge in [0.05, 0.1) is 5.02 Å². The van der Waals surface area contributed by atoms with Crippen LogP contribution < -0.4 is 0 Å². The van der Waals surface area contributed by atoms with Gasteiger partial charge in [0.2, 0.25) is 0 Å². The molecule has 11 heavy (non-hydrogen) atoms. The minimum absolute atomic E-state index is 0.123. The minimum Gasteiger partial charge on any atom is -0.207 e. The molecule has 0 aromatic heterocycles. The fourth-order valence-electron chi connectivity index (χ4n) is 0.804. The molecule has 0 unspecified atom stereocenters. The molecule has 0 amide bonds. The van der Waals surface area contributed by atoms with E-state index in [1.54, 1.807) is 0 Å². The monoisotopic (exact) mass is 176 g/mol. The van der Waals surface area contributed by atoms with Gasteiger partial charge in [0.1, 0.15) is 11.6 Å². The SMILES string of the molecule is Cc1cc(F)c(C)c(Cl)c1F. The molecule has 3 heteroatoms. The van der Waals surface area contributed by atoms with Crippen LogP contribution in [-0.2, 0) is 0 Å². The molecule has 0 aliphatic carbocycles. The molecular weight excluding hydrogens is 170 g/mol. The van der Waals surface area contributed by atoms with E-state index in [-0.39, 0.29) is 16.1 Å². The summed E-state index contributed by atoms with van der Waals surface area (Å²) in [5.41, 5.74) is 0.396. The molecule has 1 aromatic rings. The van der Waals surface area contributed by atoms with Crippen molar-refractivity contribution in [2.24, 2.45) is 0 Å². The van der Waals surface area contributed by atoms with Gasteiger partial charge in [-0.15, -0.1) is 0 Å². The Morgan fingerprint density at radius 1 is 1.27 bits per heavy atom. The van der Waals surface area contributed by atoms with Crippen LogP contribution in [0.5, 0.6) is 0 Å². The van der Waals surface area contributed by atoms with Crippen molar-refractivity contribution in [3.8, 4) is 0 Å². The van der Waals surface area contributed by atoms with Crippen molar-refractivity contribution in [1.29, 1.82) is 0 Å². The Morgan fingerprint density at radius 3 is 2.36 bits per heavy atom. The van der Waals surface area contributed by atoms with Gasteiger partial charge in [0.25, 0.3) is 0 Å². The van der Waals surface area contributed by atoms with E-state index in [0.29, 0.717) is 0 Å². The highest BCUT2D eigenvalue weighted by molar-refractivity contribution is 6.31. The van der Waals surface area contributed by atoms with Gasteiger partial charge in [-0.1, -0.05) is 11.6 Å². The summed E-state index contributed by atoms with van der Waals surface area (Å²) >= 11 is 5.47. The molecule has 0 spiro atoms. The van der Waals surface area contributed by atoms with Crippen LogP contribution >= 0.6 is 11.6 Å². The molecule has 60 valence electrons. The highest BCUT2D eigenvalue weighted by Crippen LogP contribution is 2.24. The van der Waals surface area contributed by atoms with Gasteiger partial charge in [0.15, 0.2) is 0 Å². The Labute approximate surface area is 68.8 Å². The number of rotatable bonds is 0. The quantitative estimate of drug-likeness (QED) is 0.533. The lowest BCUT2D eigenvalue weighted by Gasteiger charge is -2.03. The Hall–Kier alpha value is -0.630. The number of halogens is 3. The van der Waals surface area contributed by atoms with E-state index in [1.807, 2.05) is 0 Å². The van der Waals surface area contributed by atoms with Crippen LogP contribution in [0.4, 0.5) is 8.78 Å². The van der Waals surface area contributed by atoms with E-state index in [1.165, 1.54) is 13.8 Å². The van der Waals surface area contributed by atoms with Crippen molar-refractivity contribution in [3.05, 3.63) is 33.9 Å². The van der Waals surface area contributed by atoms with Crippen molar-refractivity contribution in [2.75, 3.05) is 0 Å². The molecule has 0 fully saturated rings. The second kappa shape index (κ2) is 2.78. The van der Waals surface area contributed by atoms with Crippen molar-refractivity contribution in [1.82, 2.24) is 0 Å². The van der Waals surface area contributed by atoms with Crippen molar-refractivity contribution in [2.45, 2.75) is 13.8 Å². The van der Waals surface area contributed by atoms with Crippen LogP contribution in [-0.4, -0.2) is 0 Å². The first kappa shape index (κ1) is 8.47. The largest absolute Gasteiger partial charge is 0.207 e. The Bertz CT molecular complexity index is 268. The predicted molar refractivity (Wildman–Crippen MR) is 40.8 cm³/mol. The zero-order valence-electron chi connectivity index (χ0n) is 6.21. The molecule has 0 heterocycles. The first-order valence-corrected chi connectivity index (χ1v) is 3.52. The Balaban J connectivity index is 3.46. The highest BCUT2D eigenvalue weighted by atomic mass is 35.5. The van der Waals surface area contributed by atoms with Gasteiger partial charge in [-0.05, 0) is 25.5 Å². The summed E-state index contributed by atoms with van der Waals surface area (Å²) in [5.74, 6) is -1.00. The number of aryl methyl sites for hydroxylation is 1. The normalized spacial score (nSPS) is 10.3. The van der Waals surface area contributed by atoms with Crippen LogP contribution in [0.1, 0.15) is 11.1 Å². The predicted octanol–water partition coefficient (Wildman–Crippen LogP) is 3.24. The van der Waals surface area contributed by atoms with Crippen LogP contribution in [0.25, 0.3) is 0 Å². The van der Waals surface area contributed by atoms with Gasteiger partial charge >= 0.3 is 0 Å². The second-order valence-corrected chi connectivity index (χ2v) is 2.81.